The van der Waals surface area contributed by atoms with E-state index >= 15 is 0 Å². The van der Waals surface area contributed by atoms with E-state index in [1.165, 1.54) is 10.4 Å². The first-order valence-corrected chi connectivity index (χ1v) is 6.82. The number of pyridine rings is 1. The molecule has 0 radical (unpaired) electrons. The van der Waals surface area contributed by atoms with E-state index in [1.54, 1.807) is 18.4 Å². The third-order valence-electron chi connectivity index (χ3n) is 2.91. The van der Waals surface area contributed by atoms with Crippen molar-refractivity contribution in [3.8, 4) is 5.75 Å². The van der Waals surface area contributed by atoms with Gasteiger partial charge in [-0.2, -0.15) is 0 Å². The summed E-state index contributed by atoms with van der Waals surface area (Å²) in [4.78, 5) is 5.73. The Morgan fingerprint density at radius 3 is 2.83 bits per heavy atom. The van der Waals surface area contributed by atoms with Gasteiger partial charge in [-0.15, -0.1) is 11.3 Å². The second kappa shape index (κ2) is 5.98. The molecule has 18 heavy (non-hydrogen) atoms. The summed E-state index contributed by atoms with van der Waals surface area (Å²) < 4.78 is 5.22. The van der Waals surface area contributed by atoms with Crippen molar-refractivity contribution < 1.29 is 4.74 Å². The van der Waals surface area contributed by atoms with Crippen LogP contribution in [0.1, 0.15) is 22.2 Å². The number of rotatable bonds is 5. The van der Waals surface area contributed by atoms with Gasteiger partial charge in [-0.3, -0.25) is 4.98 Å². The second-order valence-electron chi connectivity index (χ2n) is 4.26. The largest absolute Gasteiger partial charge is 0.496 e. The molecule has 0 saturated carbocycles. The fourth-order valence-electron chi connectivity index (χ4n) is 1.80. The molecule has 3 nitrogen and oxygen atoms in total. The van der Waals surface area contributed by atoms with Gasteiger partial charge in [0.25, 0.3) is 0 Å². The van der Waals surface area contributed by atoms with E-state index in [1.807, 2.05) is 18.6 Å². The number of aromatic nitrogens is 1. The minimum absolute atomic E-state index is 0.286. The van der Waals surface area contributed by atoms with Crippen LogP contribution in [0.2, 0.25) is 0 Å². The number of aryl methyl sites for hydroxylation is 1. The van der Waals surface area contributed by atoms with Crippen molar-refractivity contribution in [3.63, 3.8) is 0 Å². The molecule has 2 rings (SSSR count). The summed E-state index contributed by atoms with van der Waals surface area (Å²) in [5.41, 5.74) is 2.30. The Kier molecular flexibility index (Phi) is 4.33. The Morgan fingerprint density at radius 1 is 1.44 bits per heavy atom. The first kappa shape index (κ1) is 13.1. The normalized spacial score (nSPS) is 12.4. The average molecular weight is 262 g/mol. The van der Waals surface area contributed by atoms with Gasteiger partial charge in [-0.05, 0) is 31.7 Å². The molecule has 1 N–H and O–H groups in total. The fraction of sp³-hybridized carbons (Fsp3) is 0.357. The van der Waals surface area contributed by atoms with Crippen LogP contribution in [0.15, 0.2) is 29.8 Å². The Hall–Kier alpha value is -1.39. The van der Waals surface area contributed by atoms with Crippen LogP contribution in [0.5, 0.6) is 5.75 Å². The first-order chi connectivity index (χ1) is 8.72. The Bertz CT molecular complexity index is 493. The van der Waals surface area contributed by atoms with E-state index in [4.69, 9.17) is 4.74 Å². The highest BCUT2D eigenvalue weighted by Crippen LogP contribution is 2.28. The molecule has 0 aromatic carbocycles. The third kappa shape index (κ3) is 3.09. The highest BCUT2D eigenvalue weighted by Gasteiger charge is 2.13. The van der Waals surface area contributed by atoms with Crippen LogP contribution in [0.25, 0.3) is 0 Å². The maximum Gasteiger partial charge on any atom is 0.129 e. The number of hydrogen-bond acceptors (Lipinski definition) is 4. The standard InChI is InChI=1S/C14H18N2OS/c1-10-4-5-11(16-8-10)6-13(15-2)14-7-12(17-3)9-18-14/h4-5,7-9,13,15H,6H2,1-3H3. The van der Waals surface area contributed by atoms with Crippen molar-refractivity contribution in [2.75, 3.05) is 14.2 Å². The second-order valence-corrected chi connectivity index (χ2v) is 5.20. The molecule has 0 spiro atoms. The van der Waals surface area contributed by atoms with Crippen LogP contribution in [0.4, 0.5) is 0 Å². The Balaban J connectivity index is 2.11. The number of likely N-dealkylation sites (N-methyl/N-ethyl adjacent to an activating group) is 1. The lowest BCUT2D eigenvalue weighted by Crippen LogP contribution is -2.18. The van der Waals surface area contributed by atoms with Crippen molar-refractivity contribution in [1.29, 1.82) is 0 Å². The van der Waals surface area contributed by atoms with Crippen molar-refractivity contribution >= 4 is 11.3 Å². The summed E-state index contributed by atoms with van der Waals surface area (Å²) >= 11 is 1.71. The van der Waals surface area contributed by atoms with Gasteiger partial charge >= 0.3 is 0 Å². The number of hydrogen-bond donors (Lipinski definition) is 1. The minimum Gasteiger partial charge on any atom is -0.496 e. The van der Waals surface area contributed by atoms with E-state index in [9.17, 15) is 0 Å². The van der Waals surface area contributed by atoms with Gasteiger partial charge < -0.3 is 10.1 Å². The summed E-state index contributed by atoms with van der Waals surface area (Å²) in [7, 11) is 3.67. The molecule has 2 aromatic heterocycles. The van der Waals surface area contributed by atoms with Crippen LogP contribution in [0.3, 0.4) is 0 Å². The van der Waals surface area contributed by atoms with Gasteiger partial charge in [0, 0.05) is 34.6 Å². The number of methoxy groups -OCH3 is 1. The van der Waals surface area contributed by atoms with Crippen molar-refractivity contribution in [1.82, 2.24) is 10.3 Å². The molecule has 1 unspecified atom stereocenters. The van der Waals surface area contributed by atoms with Crippen LogP contribution >= 0.6 is 11.3 Å². The highest BCUT2D eigenvalue weighted by molar-refractivity contribution is 7.10. The zero-order valence-corrected chi connectivity index (χ0v) is 11.8. The molecule has 0 aliphatic rings. The van der Waals surface area contributed by atoms with Crippen LogP contribution < -0.4 is 10.1 Å². The van der Waals surface area contributed by atoms with Crippen molar-refractivity contribution in [2.45, 2.75) is 19.4 Å². The monoisotopic (exact) mass is 262 g/mol. The summed E-state index contributed by atoms with van der Waals surface area (Å²) in [6, 6.07) is 6.56. The molecule has 2 aromatic rings. The molecule has 0 amide bonds. The molecule has 0 fully saturated rings. The molecule has 0 aliphatic heterocycles. The van der Waals surface area contributed by atoms with Gasteiger partial charge in [0.1, 0.15) is 5.75 Å². The molecule has 0 aliphatic carbocycles. The molecule has 1 atom stereocenters. The highest BCUT2D eigenvalue weighted by atomic mass is 32.1. The van der Waals surface area contributed by atoms with Crippen LogP contribution in [-0.4, -0.2) is 19.1 Å². The van der Waals surface area contributed by atoms with E-state index in [2.05, 4.69) is 35.4 Å². The minimum atomic E-state index is 0.286. The average Bonchev–Trinajstić information content (AvgIpc) is 2.87. The van der Waals surface area contributed by atoms with Gasteiger partial charge in [-0.25, -0.2) is 0 Å². The number of thiophene rings is 1. The van der Waals surface area contributed by atoms with Crippen molar-refractivity contribution in [2.24, 2.45) is 0 Å². The third-order valence-corrected chi connectivity index (χ3v) is 3.93. The van der Waals surface area contributed by atoms with Gasteiger partial charge in [0.05, 0.1) is 7.11 Å². The van der Waals surface area contributed by atoms with Gasteiger partial charge in [0.2, 0.25) is 0 Å². The van der Waals surface area contributed by atoms with E-state index in [-0.39, 0.29) is 6.04 Å². The van der Waals surface area contributed by atoms with E-state index in [0.29, 0.717) is 0 Å². The maximum absolute atomic E-state index is 5.22. The molecule has 0 bridgehead atoms. The molecule has 0 saturated heterocycles. The lowest BCUT2D eigenvalue weighted by Gasteiger charge is -2.13. The topological polar surface area (TPSA) is 34.2 Å². The molecular weight excluding hydrogens is 244 g/mol. The summed E-state index contributed by atoms with van der Waals surface area (Å²) in [6.45, 7) is 2.05. The number of nitrogens with zero attached hydrogens (tertiary/aromatic N) is 1. The summed E-state index contributed by atoms with van der Waals surface area (Å²) in [6.07, 6.45) is 2.80. The summed E-state index contributed by atoms with van der Waals surface area (Å²) in [5.74, 6) is 0.923. The Morgan fingerprint density at radius 2 is 2.28 bits per heavy atom. The van der Waals surface area contributed by atoms with Crippen LogP contribution in [0, 0.1) is 6.92 Å². The summed E-state index contributed by atoms with van der Waals surface area (Å²) in [5, 5.41) is 5.36. The quantitative estimate of drug-likeness (QED) is 0.899. The molecule has 96 valence electrons. The molecule has 2 heterocycles. The Labute approximate surface area is 112 Å². The van der Waals surface area contributed by atoms with Crippen LogP contribution in [-0.2, 0) is 6.42 Å². The zero-order valence-electron chi connectivity index (χ0n) is 10.9. The van der Waals surface area contributed by atoms with Crippen molar-refractivity contribution in [3.05, 3.63) is 45.9 Å². The lowest BCUT2D eigenvalue weighted by molar-refractivity contribution is 0.416. The zero-order chi connectivity index (χ0) is 13.0. The fourth-order valence-corrected chi connectivity index (χ4v) is 2.76. The first-order valence-electron chi connectivity index (χ1n) is 5.94. The predicted molar refractivity (Wildman–Crippen MR) is 75.3 cm³/mol. The maximum atomic E-state index is 5.22. The number of ether oxygens (including phenoxy) is 1. The SMILES string of the molecule is CNC(Cc1ccc(C)cn1)c1cc(OC)cs1. The lowest BCUT2D eigenvalue weighted by atomic mass is 10.1. The smallest absolute Gasteiger partial charge is 0.129 e. The number of nitrogens with one attached hydrogen (secondary N) is 1. The van der Waals surface area contributed by atoms with Gasteiger partial charge in [-0.1, -0.05) is 6.07 Å². The van der Waals surface area contributed by atoms with E-state index < -0.39 is 0 Å². The predicted octanol–water partition coefficient (Wildman–Crippen LogP) is 2.96. The molecular formula is C14H18N2OS. The van der Waals surface area contributed by atoms with E-state index in [0.717, 1.165) is 17.9 Å². The molecule has 4 heteroatoms. The van der Waals surface area contributed by atoms with Gasteiger partial charge in [0.15, 0.2) is 0 Å².